The third-order valence-electron chi connectivity index (χ3n) is 4.70. The monoisotopic (exact) mass is 311 g/mol. The van der Waals surface area contributed by atoms with E-state index in [1.54, 1.807) is 5.51 Å². The standard InChI is InChI=1S/C16H17N5S/c1-10-16(22-9-18-10)20-15-11(8-17)2-7-14(19-15)21-12-3-4-13(21)6-5-12/h2,7,9,12-13H,3-6H2,1H3,(H,19,20). The summed E-state index contributed by atoms with van der Waals surface area (Å²) in [5.41, 5.74) is 3.30. The molecule has 0 spiro atoms. The van der Waals surface area contributed by atoms with E-state index < -0.39 is 0 Å². The van der Waals surface area contributed by atoms with Crippen LogP contribution in [0, 0.1) is 18.3 Å². The van der Waals surface area contributed by atoms with Crippen molar-refractivity contribution in [2.45, 2.75) is 44.7 Å². The van der Waals surface area contributed by atoms with Gasteiger partial charge in [0.05, 0.1) is 16.8 Å². The van der Waals surface area contributed by atoms with Crippen LogP contribution in [0.3, 0.4) is 0 Å². The number of nitrogens with one attached hydrogen (secondary N) is 1. The minimum absolute atomic E-state index is 0.572. The van der Waals surface area contributed by atoms with Crippen molar-refractivity contribution in [2.24, 2.45) is 0 Å². The molecule has 1 N–H and O–H groups in total. The lowest BCUT2D eigenvalue weighted by Crippen LogP contribution is -2.29. The van der Waals surface area contributed by atoms with Crippen LogP contribution in [-0.2, 0) is 0 Å². The fraction of sp³-hybridized carbons (Fsp3) is 0.438. The van der Waals surface area contributed by atoms with E-state index in [1.165, 1.54) is 37.0 Å². The summed E-state index contributed by atoms with van der Waals surface area (Å²) in [5, 5.41) is 13.6. The summed E-state index contributed by atoms with van der Waals surface area (Å²) in [6.07, 6.45) is 5.07. The molecule has 2 bridgehead atoms. The zero-order valence-corrected chi connectivity index (χ0v) is 13.2. The molecule has 22 heavy (non-hydrogen) atoms. The van der Waals surface area contributed by atoms with Gasteiger partial charge in [-0.05, 0) is 44.7 Å². The minimum Gasteiger partial charge on any atom is -0.351 e. The first-order valence-electron chi connectivity index (χ1n) is 7.63. The second-order valence-corrected chi connectivity index (χ2v) is 6.79. The molecule has 2 aliphatic heterocycles. The van der Waals surface area contributed by atoms with Crippen molar-refractivity contribution in [2.75, 3.05) is 10.2 Å². The van der Waals surface area contributed by atoms with Gasteiger partial charge in [-0.25, -0.2) is 9.97 Å². The summed E-state index contributed by atoms with van der Waals surface area (Å²) >= 11 is 1.53. The van der Waals surface area contributed by atoms with Crippen LogP contribution in [0.15, 0.2) is 17.6 Å². The third kappa shape index (κ3) is 2.13. The fourth-order valence-electron chi connectivity index (χ4n) is 3.59. The zero-order valence-electron chi connectivity index (χ0n) is 12.4. The van der Waals surface area contributed by atoms with Gasteiger partial charge in [-0.1, -0.05) is 0 Å². The molecule has 112 valence electrons. The summed E-state index contributed by atoms with van der Waals surface area (Å²) in [6, 6.07) is 7.34. The van der Waals surface area contributed by atoms with Crippen molar-refractivity contribution in [3.63, 3.8) is 0 Å². The molecule has 5 nitrogen and oxygen atoms in total. The highest BCUT2D eigenvalue weighted by atomic mass is 32.1. The summed E-state index contributed by atoms with van der Waals surface area (Å²) < 4.78 is 0. The highest BCUT2D eigenvalue weighted by Crippen LogP contribution is 2.40. The van der Waals surface area contributed by atoms with Crippen LogP contribution < -0.4 is 10.2 Å². The number of hydrogen-bond donors (Lipinski definition) is 1. The first kappa shape index (κ1) is 13.5. The summed E-state index contributed by atoms with van der Waals surface area (Å²) in [6.45, 7) is 1.95. The van der Waals surface area contributed by atoms with E-state index >= 15 is 0 Å². The highest BCUT2D eigenvalue weighted by Gasteiger charge is 2.40. The number of fused-ring (bicyclic) bond motifs is 2. The molecule has 6 heteroatoms. The Morgan fingerprint density at radius 2 is 2.00 bits per heavy atom. The number of rotatable bonds is 3. The second-order valence-electron chi connectivity index (χ2n) is 5.94. The van der Waals surface area contributed by atoms with Crippen LogP contribution in [0.1, 0.15) is 36.9 Å². The molecule has 4 heterocycles. The van der Waals surface area contributed by atoms with E-state index in [0.717, 1.165) is 16.5 Å². The lowest BCUT2D eigenvalue weighted by molar-refractivity contribution is 0.576. The Hall–Kier alpha value is -2.13. The number of aromatic nitrogens is 2. The maximum absolute atomic E-state index is 9.33. The molecule has 0 unspecified atom stereocenters. The van der Waals surface area contributed by atoms with Gasteiger partial charge in [0.25, 0.3) is 0 Å². The van der Waals surface area contributed by atoms with E-state index in [1.807, 2.05) is 19.1 Å². The number of thiazole rings is 1. The van der Waals surface area contributed by atoms with Crippen molar-refractivity contribution in [1.82, 2.24) is 9.97 Å². The molecule has 0 atom stereocenters. The first-order chi connectivity index (χ1) is 10.8. The maximum Gasteiger partial charge on any atom is 0.151 e. The normalized spacial score (nSPS) is 22.8. The van der Waals surface area contributed by atoms with E-state index in [-0.39, 0.29) is 0 Å². The molecular formula is C16H17N5S. The van der Waals surface area contributed by atoms with Gasteiger partial charge in [-0.2, -0.15) is 5.26 Å². The van der Waals surface area contributed by atoms with Gasteiger partial charge in [0.1, 0.15) is 16.9 Å². The predicted molar refractivity (Wildman–Crippen MR) is 87.6 cm³/mol. The Kier molecular flexibility index (Phi) is 3.23. The van der Waals surface area contributed by atoms with E-state index in [9.17, 15) is 5.26 Å². The third-order valence-corrected chi connectivity index (χ3v) is 5.54. The van der Waals surface area contributed by atoms with Crippen LogP contribution >= 0.6 is 11.3 Å². The average molecular weight is 311 g/mol. The summed E-state index contributed by atoms with van der Waals surface area (Å²) in [5.74, 6) is 1.63. The zero-order chi connectivity index (χ0) is 15.1. The summed E-state index contributed by atoms with van der Waals surface area (Å²) in [7, 11) is 0. The number of anilines is 3. The topological polar surface area (TPSA) is 64.8 Å². The molecule has 0 saturated carbocycles. The quantitative estimate of drug-likeness (QED) is 0.938. The highest BCUT2D eigenvalue weighted by molar-refractivity contribution is 7.14. The Morgan fingerprint density at radius 3 is 2.59 bits per heavy atom. The van der Waals surface area contributed by atoms with Crippen LogP contribution in [0.25, 0.3) is 0 Å². The molecule has 0 aromatic carbocycles. The minimum atomic E-state index is 0.572. The van der Waals surface area contributed by atoms with Gasteiger partial charge in [-0.15, -0.1) is 11.3 Å². The Bertz CT molecular complexity index is 727. The molecular weight excluding hydrogens is 294 g/mol. The molecule has 2 fully saturated rings. The van der Waals surface area contributed by atoms with Crippen LogP contribution in [-0.4, -0.2) is 22.1 Å². The average Bonchev–Trinajstić information content (AvgIpc) is 3.24. The molecule has 0 radical (unpaired) electrons. The molecule has 2 saturated heterocycles. The van der Waals surface area contributed by atoms with Gasteiger partial charge < -0.3 is 10.2 Å². The van der Waals surface area contributed by atoms with Gasteiger partial charge in [0.2, 0.25) is 0 Å². The predicted octanol–water partition coefficient (Wildman–Crippen LogP) is 3.59. The van der Waals surface area contributed by atoms with E-state index in [4.69, 9.17) is 4.98 Å². The maximum atomic E-state index is 9.33. The van der Waals surface area contributed by atoms with Crippen molar-refractivity contribution < 1.29 is 0 Å². The van der Waals surface area contributed by atoms with Crippen LogP contribution in [0.4, 0.5) is 16.6 Å². The van der Waals surface area contributed by atoms with Crippen molar-refractivity contribution in [3.8, 4) is 6.07 Å². The van der Waals surface area contributed by atoms with Gasteiger partial charge in [0, 0.05) is 12.1 Å². The number of nitriles is 1. The van der Waals surface area contributed by atoms with Crippen molar-refractivity contribution in [1.29, 1.82) is 5.26 Å². The lowest BCUT2D eigenvalue weighted by Gasteiger charge is -2.24. The molecule has 4 rings (SSSR count). The molecule has 2 aromatic rings. The Balaban J connectivity index is 1.69. The van der Waals surface area contributed by atoms with Crippen molar-refractivity contribution >= 4 is 28.0 Å². The van der Waals surface area contributed by atoms with Crippen molar-refractivity contribution in [3.05, 3.63) is 28.9 Å². The molecule has 2 aromatic heterocycles. The Labute approximate surface area is 133 Å². The molecule has 0 aliphatic carbocycles. The van der Waals surface area contributed by atoms with E-state index in [0.29, 0.717) is 23.5 Å². The smallest absolute Gasteiger partial charge is 0.151 e. The number of hydrogen-bond acceptors (Lipinski definition) is 6. The van der Waals surface area contributed by atoms with Gasteiger partial charge >= 0.3 is 0 Å². The SMILES string of the molecule is Cc1ncsc1Nc1nc(N2C3CCC2CC3)ccc1C#N. The van der Waals surface area contributed by atoms with Gasteiger partial charge in [0.15, 0.2) is 5.82 Å². The number of pyridine rings is 1. The molecule has 0 amide bonds. The van der Waals surface area contributed by atoms with Gasteiger partial charge in [-0.3, -0.25) is 0 Å². The van der Waals surface area contributed by atoms with Crippen LogP contribution in [0.2, 0.25) is 0 Å². The van der Waals surface area contributed by atoms with E-state index in [2.05, 4.69) is 21.3 Å². The fourth-order valence-corrected chi connectivity index (χ4v) is 4.29. The lowest BCUT2D eigenvalue weighted by atomic mass is 10.0. The molecule has 2 aliphatic rings. The second kappa shape index (κ2) is 5.25. The number of nitrogens with zero attached hydrogens (tertiary/aromatic N) is 4. The largest absolute Gasteiger partial charge is 0.351 e. The Morgan fingerprint density at radius 1 is 1.27 bits per heavy atom. The summed E-state index contributed by atoms with van der Waals surface area (Å²) in [4.78, 5) is 11.4. The first-order valence-corrected chi connectivity index (χ1v) is 8.51. The van der Waals surface area contributed by atoms with Crippen LogP contribution in [0.5, 0.6) is 0 Å². The number of aryl methyl sites for hydroxylation is 1.